The van der Waals surface area contributed by atoms with Gasteiger partial charge in [0.15, 0.2) is 0 Å². The van der Waals surface area contributed by atoms with Gasteiger partial charge in [-0.3, -0.25) is 0 Å². The highest BCUT2D eigenvalue weighted by Gasteiger charge is 2.19. The lowest BCUT2D eigenvalue weighted by Crippen LogP contribution is -2.15. The third kappa shape index (κ3) is 3.86. The summed E-state index contributed by atoms with van der Waals surface area (Å²) in [5, 5.41) is 3.52. The first-order valence-corrected chi connectivity index (χ1v) is 6.31. The Kier molecular flexibility index (Phi) is 4.06. The van der Waals surface area contributed by atoms with E-state index in [1.54, 1.807) is 18.9 Å². The van der Waals surface area contributed by atoms with Crippen LogP contribution in [0.4, 0.5) is 0 Å². The fourth-order valence-corrected chi connectivity index (χ4v) is 2.09. The smallest absolute Gasteiger partial charge is 0.0963 e. The second-order valence-corrected chi connectivity index (χ2v) is 4.85. The van der Waals surface area contributed by atoms with Crippen molar-refractivity contribution in [1.82, 2.24) is 5.32 Å². The minimum Gasteiger partial charge on any atom is -0.374 e. The number of nitrogens with one attached hydrogen (secondary N) is 1. The normalized spacial score (nSPS) is 15.5. The molecule has 0 atom stereocenters. The molecule has 0 spiro atoms. The van der Waals surface area contributed by atoms with Crippen LogP contribution >= 0.6 is 11.8 Å². The number of hydrogen-bond donors (Lipinski definition) is 1. The number of methoxy groups -OCH3 is 1. The molecule has 82 valence electrons. The molecule has 0 unspecified atom stereocenters. The zero-order valence-corrected chi connectivity index (χ0v) is 9.85. The van der Waals surface area contributed by atoms with E-state index in [2.05, 4.69) is 29.6 Å². The van der Waals surface area contributed by atoms with Crippen molar-refractivity contribution >= 4 is 11.8 Å². The Morgan fingerprint density at radius 3 is 3.07 bits per heavy atom. The molecular formula is C12H17NOS. The molecule has 0 saturated heterocycles. The molecule has 0 aliphatic heterocycles. The Bertz CT molecular complexity index is 312. The second-order valence-electron chi connectivity index (χ2n) is 3.85. The maximum atomic E-state index is 5.04. The van der Waals surface area contributed by atoms with E-state index in [9.17, 15) is 0 Å². The molecule has 1 aliphatic rings. The summed E-state index contributed by atoms with van der Waals surface area (Å²) in [5.41, 5.74) is 1.36. The van der Waals surface area contributed by atoms with Crippen molar-refractivity contribution in [2.24, 2.45) is 0 Å². The van der Waals surface area contributed by atoms with Gasteiger partial charge in [0.1, 0.15) is 0 Å². The minimum atomic E-state index is 0.722. The minimum absolute atomic E-state index is 0.722. The van der Waals surface area contributed by atoms with Gasteiger partial charge in [-0.05, 0) is 30.5 Å². The number of thioether (sulfide) groups is 1. The Balaban J connectivity index is 1.85. The van der Waals surface area contributed by atoms with Crippen molar-refractivity contribution < 1.29 is 4.74 Å². The van der Waals surface area contributed by atoms with Crippen molar-refractivity contribution in [1.29, 1.82) is 0 Å². The summed E-state index contributed by atoms with van der Waals surface area (Å²) in [6.07, 6.45) is 2.69. The highest BCUT2D eigenvalue weighted by atomic mass is 32.2. The Hall–Kier alpha value is -0.510. The van der Waals surface area contributed by atoms with Crippen LogP contribution in [0.1, 0.15) is 18.4 Å². The van der Waals surface area contributed by atoms with Crippen LogP contribution in [0.25, 0.3) is 0 Å². The average molecular weight is 223 g/mol. The molecule has 0 bridgehead atoms. The van der Waals surface area contributed by atoms with Crippen molar-refractivity contribution in [3.05, 3.63) is 29.8 Å². The second kappa shape index (κ2) is 5.54. The first-order valence-electron chi connectivity index (χ1n) is 5.32. The molecule has 0 amide bonds. The first kappa shape index (κ1) is 11.0. The molecule has 0 aromatic heterocycles. The molecule has 1 aromatic rings. The summed E-state index contributed by atoms with van der Waals surface area (Å²) in [4.78, 5) is 1.28. The maximum Gasteiger partial charge on any atom is 0.0963 e. The molecule has 1 saturated carbocycles. The fourth-order valence-electron chi connectivity index (χ4n) is 1.42. The number of ether oxygens (including phenoxy) is 1. The van der Waals surface area contributed by atoms with Gasteiger partial charge in [-0.2, -0.15) is 0 Å². The van der Waals surface area contributed by atoms with Gasteiger partial charge in [0, 0.05) is 24.6 Å². The van der Waals surface area contributed by atoms with Crippen molar-refractivity contribution in [3.63, 3.8) is 0 Å². The fraction of sp³-hybridized carbons (Fsp3) is 0.500. The van der Waals surface area contributed by atoms with E-state index >= 15 is 0 Å². The van der Waals surface area contributed by atoms with Gasteiger partial charge >= 0.3 is 0 Å². The average Bonchev–Trinajstić information content (AvgIpc) is 3.08. The topological polar surface area (TPSA) is 21.3 Å². The molecule has 0 radical (unpaired) electrons. The summed E-state index contributed by atoms with van der Waals surface area (Å²) >= 11 is 1.73. The third-order valence-electron chi connectivity index (χ3n) is 2.41. The molecule has 1 fully saturated rings. The highest BCUT2D eigenvalue weighted by Crippen LogP contribution is 2.21. The van der Waals surface area contributed by atoms with Gasteiger partial charge in [-0.25, -0.2) is 0 Å². The van der Waals surface area contributed by atoms with E-state index in [-0.39, 0.29) is 0 Å². The summed E-state index contributed by atoms with van der Waals surface area (Å²) in [6.45, 7) is 0.992. The predicted molar refractivity (Wildman–Crippen MR) is 64.0 cm³/mol. The first-order chi connectivity index (χ1) is 7.38. The maximum absolute atomic E-state index is 5.04. The number of hydrogen-bond acceptors (Lipinski definition) is 3. The van der Waals surface area contributed by atoms with Gasteiger partial charge in [-0.1, -0.05) is 23.9 Å². The van der Waals surface area contributed by atoms with Crippen LogP contribution in [0.15, 0.2) is 29.2 Å². The Morgan fingerprint density at radius 1 is 1.47 bits per heavy atom. The van der Waals surface area contributed by atoms with Gasteiger partial charge in [0.05, 0.1) is 5.94 Å². The van der Waals surface area contributed by atoms with Crippen LogP contribution < -0.4 is 5.32 Å². The van der Waals surface area contributed by atoms with Crippen LogP contribution in [0.5, 0.6) is 0 Å². The van der Waals surface area contributed by atoms with Crippen LogP contribution in [-0.2, 0) is 11.3 Å². The summed E-state index contributed by atoms with van der Waals surface area (Å²) in [5.74, 6) is 0.722. The lowest BCUT2D eigenvalue weighted by molar-refractivity contribution is 0.259. The highest BCUT2D eigenvalue weighted by molar-refractivity contribution is 7.99. The zero-order chi connectivity index (χ0) is 10.5. The van der Waals surface area contributed by atoms with E-state index in [0.29, 0.717) is 0 Å². The predicted octanol–water partition coefficient (Wildman–Crippen LogP) is 2.63. The monoisotopic (exact) mass is 223 g/mol. The Labute approximate surface area is 95.4 Å². The van der Waals surface area contributed by atoms with Gasteiger partial charge in [0.2, 0.25) is 0 Å². The van der Waals surface area contributed by atoms with Gasteiger partial charge in [-0.15, -0.1) is 0 Å². The standard InChI is InChI=1S/C12H17NOS/c1-14-9-15-12-4-2-3-10(7-12)8-13-11-5-6-11/h2-4,7,11,13H,5-6,8-9H2,1H3. The van der Waals surface area contributed by atoms with Crippen molar-refractivity contribution in [2.75, 3.05) is 13.0 Å². The molecule has 0 heterocycles. The third-order valence-corrected chi connectivity index (χ3v) is 3.35. The molecule has 15 heavy (non-hydrogen) atoms. The largest absolute Gasteiger partial charge is 0.374 e. The lowest BCUT2D eigenvalue weighted by atomic mass is 10.2. The SMILES string of the molecule is COCSc1cccc(CNC2CC2)c1. The van der Waals surface area contributed by atoms with Crippen LogP contribution in [0.3, 0.4) is 0 Å². The van der Waals surface area contributed by atoms with E-state index < -0.39 is 0 Å². The molecule has 2 nitrogen and oxygen atoms in total. The van der Waals surface area contributed by atoms with Gasteiger partial charge in [0.25, 0.3) is 0 Å². The molecular weight excluding hydrogens is 206 g/mol. The summed E-state index contributed by atoms with van der Waals surface area (Å²) < 4.78 is 5.04. The molecule has 2 rings (SSSR count). The van der Waals surface area contributed by atoms with E-state index in [0.717, 1.165) is 18.5 Å². The Morgan fingerprint density at radius 2 is 2.33 bits per heavy atom. The van der Waals surface area contributed by atoms with Crippen molar-refractivity contribution in [3.8, 4) is 0 Å². The van der Waals surface area contributed by atoms with Crippen molar-refractivity contribution in [2.45, 2.75) is 30.3 Å². The molecule has 1 aromatic carbocycles. The van der Waals surface area contributed by atoms with E-state index in [1.807, 2.05) is 0 Å². The number of benzene rings is 1. The summed E-state index contributed by atoms with van der Waals surface area (Å²) in [6, 6.07) is 9.43. The molecule has 1 N–H and O–H groups in total. The quantitative estimate of drug-likeness (QED) is 0.592. The summed E-state index contributed by atoms with van der Waals surface area (Å²) in [7, 11) is 1.73. The zero-order valence-electron chi connectivity index (χ0n) is 9.03. The molecule has 3 heteroatoms. The van der Waals surface area contributed by atoms with Crippen LogP contribution in [-0.4, -0.2) is 19.1 Å². The molecule has 1 aliphatic carbocycles. The lowest BCUT2D eigenvalue weighted by Gasteiger charge is -2.05. The van der Waals surface area contributed by atoms with E-state index in [1.165, 1.54) is 23.3 Å². The number of rotatable bonds is 6. The van der Waals surface area contributed by atoms with E-state index in [4.69, 9.17) is 4.74 Å². The van der Waals surface area contributed by atoms with Crippen LogP contribution in [0.2, 0.25) is 0 Å². The van der Waals surface area contributed by atoms with Crippen LogP contribution in [0, 0.1) is 0 Å². The van der Waals surface area contributed by atoms with Gasteiger partial charge < -0.3 is 10.1 Å².